The third-order valence-corrected chi connectivity index (χ3v) is 3.10. The summed E-state index contributed by atoms with van der Waals surface area (Å²) in [6.45, 7) is 5.33. The van der Waals surface area contributed by atoms with Crippen molar-refractivity contribution < 1.29 is 18.3 Å². The smallest absolute Gasteiger partial charge is 0.238 e. The lowest BCUT2D eigenvalue weighted by Crippen LogP contribution is -2.36. The van der Waals surface area contributed by atoms with E-state index in [2.05, 4.69) is 10.6 Å². The molecule has 0 atom stereocenters. The van der Waals surface area contributed by atoms with Crippen molar-refractivity contribution >= 4 is 11.6 Å². The lowest BCUT2D eigenvalue weighted by molar-refractivity contribution is -0.115. The van der Waals surface area contributed by atoms with Gasteiger partial charge in [0.05, 0.1) is 6.54 Å². The molecule has 0 saturated carbocycles. The van der Waals surface area contributed by atoms with Crippen molar-refractivity contribution in [3.05, 3.63) is 29.8 Å². The predicted octanol–water partition coefficient (Wildman–Crippen LogP) is 2.56. The molecule has 0 spiro atoms. The molecule has 21 heavy (non-hydrogen) atoms. The van der Waals surface area contributed by atoms with Gasteiger partial charge in [0.25, 0.3) is 0 Å². The molecule has 0 unspecified atom stereocenters. The minimum Gasteiger partial charge on any atom is -0.385 e. The standard InChI is InChI=1S/C15H22F2N2O2/c1-15(2,7-8-21-3)10-18-9-13(20)19-14-11(16)5-4-6-12(14)17/h4-6,18H,7-10H2,1-3H3,(H,19,20). The highest BCUT2D eigenvalue weighted by molar-refractivity contribution is 5.92. The molecule has 0 heterocycles. The van der Waals surface area contributed by atoms with Gasteiger partial charge in [-0.2, -0.15) is 0 Å². The molecular weight excluding hydrogens is 278 g/mol. The van der Waals surface area contributed by atoms with Gasteiger partial charge in [-0.25, -0.2) is 8.78 Å². The van der Waals surface area contributed by atoms with Crippen LogP contribution in [0.3, 0.4) is 0 Å². The fourth-order valence-corrected chi connectivity index (χ4v) is 1.78. The van der Waals surface area contributed by atoms with Crippen LogP contribution in [-0.2, 0) is 9.53 Å². The van der Waals surface area contributed by atoms with E-state index in [-0.39, 0.29) is 12.0 Å². The van der Waals surface area contributed by atoms with Crippen LogP contribution in [0.1, 0.15) is 20.3 Å². The molecule has 0 aliphatic heterocycles. The average Bonchev–Trinajstić information content (AvgIpc) is 2.41. The van der Waals surface area contributed by atoms with Crippen LogP contribution >= 0.6 is 0 Å². The summed E-state index contributed by atoms with van der Waals surface area (Å²) >= 11 is 0. The highest BCUT2D eigenvalue weighted by Gasteiger charge is 2.18. The fraction of sp³-hybridized carbons (Fsp3) is 0.533. The van der Waals surface area contributed by atoms with Crippen LogP contribution in [-0.4, -0.2) is 32.7 Å². The summed E-state index contributed by atoms with van der Waals surface area (Å²) in [5, 5.41) is 5.21. The molecule has 0 aliphatic rings. The molecule has 1 aromatic carbocycles. The highest BCUT2D eigenvalue weighted by atomic mass is 19.1. The molecule has 118 valence electrons. The van der Waals surface area contributed by atoms with Gasteiger partial charge < -0.3 is 15.4 Å². The quantitative estimate of drug-likeness (QED) is 0.776. The third-order valence-electron chi connectivity index (χ3n) is 3.10. The molecule has 0 saturated heterocycles. The van der Waals surface area contributed by atoms with E-state index in [1.807, 2.05) is 13.8 Å². The van der Waals surface area contributed by atoms with Gasteiger partial charge in [-0.05, 0) is 24.0 Å². The summed E-state index contributed by atoms with van der Waals surface area (Å²) in [7, 11) is 1.64. The van der Waals surface area contributed by atoms with Gasteiger partial charge in [0.2, 0.25) is 5.91 Å². The third kappa shape index (κ3) is 6.18. The van der Waals surface area contributed by atoms with Gasteiger partial charge in [-0.1, -0.05) is 19.9 Å². The molecule has 0 fully saturated rings. The number of carbonyl (C=O) groups excluding carboxylic acids is 1. The van der Waals surface area contributed by atoms with Crippen LogP contribution in [0.5, 0.6) is 0 Å². The molecule has 0 aromatic heterocycles. The molecule has 0 aliphatic carbocycles. The van der Waals surface area contributed by atoms with E-state index in [1.54, 1.807) is 7.11 Å². The van der Waals surface area contributed by atoms with E-state index in [1.165, 1.54) is 6.07 Å². The summed E-state index contributed by atoms with van der Waals surface area (Å²) in [4.78, 5) is 11.7. The van der Waals surface area contributed by atoms with Crippen molar-refractivity contribution in [2.24, 2.45) is 5.41 Å². The van der Waals surface area contributed by atoms with E-state index in [9.17, 15) is 13.6 Å². The topological polar surface area (TPSA) is 50.4 Å². The van der Waals surface area contributed by atoms with Crippen molar-refractivity contribution in [3.63, 3.8) is 0 Å². The monoisotopic (exact) mass is 300 g/mol. The number of nitrogens with one attached hydrogen (secondary N) is 2. The zero-order valence-corrected chi connectivity index (χ0v) is 12.6. The van der Waals surface area contributed by atoms with Crippen molar-refractivity contribution in [3.8, 4) is 0 Å². The van der Waals surface area contributed by atoms with Crippen molar-refractivity contribution in [2.75, 3.05) is 32.1 Å². The summed E-state index contributed by atoms with van der Waals surface area (Å²) < 4.78 is 31.8. The van der Waals surface area contributed by atoms with E-state index in [0.717, 1.165) is 18.6 Å². The Bertz CT molecular complexity index is 458. The van der Waals surface area contributed by atoms with E-state index < -0.39 is 23.2 Å². The molecular formula is C15H22F2N2O2. The van der Waals surface area contributed by atoms with Crippen molar-refractivity contribution in [1.82, 2.24) is 5.32 Å². The molecule has 4 nitrogen and oxygen atoms in total. The SMILES string of the molecule is COCCC(C)(C)CNCC(=O)Nc1c(F)cccc1F. The second-order valence-corrected chi connectivity index (χ2v) is 5.66. The van der Waals surface area contributed by atoms with Crippen molar-refractivity contribution in [1.29, 1.82) is 0 Å². The first-order valence-corrected chi connectivity index (χ1v) is 6.79. The average molecular weight is 300 g/mol. The zero-order chi connectivity index (χ0) is 15.9. The number of rotatable bonds is 8. The Balaban J connectivity index is 2.41. The van der Waals surface area contributed by atoms with Crippen LogP contribution in [0.25, 0.3) is 0 Å². The Morgan fingerprint density at radius 1 is 1.29 bits per heavy atom. The number of ether oxygens (including phenoxy) is 1. The highest BCUT2D eigenvalue weighted by Crippen LogP contribution is 2.19. The maximum atomic E-state index is 13.4. The number of hydrogen-bond acceptors (Lipinski definition) is 3. The van der Waals surface area contributed by atoms with Gasteiger partial charge in [-0.3, -0.25) is 4.79 Å². The normalized spacial score (nSPS) is 11.5. The van der Waals surface area contributed by atoms with Crippen molar-refractivity contribution in [2.45, 2.75) is 20.3 Å². The molecule has 1 aromatic rings. The minimum atomic E-state index is -0.788. The Hall–Kier alpha value is -1.53. The first-order valence-electron chi connectivity index (χ1n) is 6.79. The van der Waals surface area contributed by atoms with E-state index in [4.69, 9.17) is 4.74 Å². The van der Waals surface area contributed by atoms with Crippen LogP contribution in [0, 0.1) is 17.0 Å². The minimum absolute atomic E-state index is 0.00974. The first-order chi connectivity index (χ1) is 9.85. The number of halogens is 2. The second kappa shape index (κ2) is 8.05. The Kier molecular flexibility index (Phi) is 6.71. The summed E-state index contributed by atoms with van der Waals surface area (Å²) in [6.07, 6.45) is 0.847. The molecule has 1 rings (SSSR count). The number of hydrogen-bond donors (Lipinski definition) is 2. The molecule has 2 N–H and O–H groups in total. The van der Waals surface area contributed by atoms with E-state index >= 15 is 0 Å². The van der Waals surface area contributed by atoms with Crippen LogP contribution in [0.15, 0.2) is 18.2 Å². The maximum Gasteiger partial charge on any atom is 0.238 e. The van der Waals surface area contributed by atoms with Crippen LogP contribution < -0.4 is 10.6 Å². The summed E-state index contributed by atoms with van der Waals surface area (Å²) in [5.41, 5.74) is -0.442. The zero-order valence-electron chi connectivity index (χ0n) is 12.6. The maximum absolute atomic E-state index is 13.4. The second-order valence-electron chi connectivity index (χ2n) is 5.66. The molecule has 0 bridgehead atoms. The molecule has 6 heteroatoms. The lowest BCUT2D eigenvalue weighted by atomic mass is 9.90. The number of anilines is 1. The summed E-state index contributed by atoms with van der Waals surface area (Å²) in [5.74, 6) is -2.06. The van der Waals surface area contributed by atoms with Gasteiger partial charge in [0, 0.05) is 20.3 Å². The number of benzene rings is 1. The Labute approximate surface area is 123 Å². The fourth-order valence-electron chi connectivity index (χ4n) is 1.78. The number of carbonyl (C=O) groups is 1. The Morgan fingerprint density at radius 2 is 1.90 bits per heavy atom. The lowest BCUT2D eigenvalue weighted by Gasteiger charge is -2.24. The van der Waals surface area contributed by atoms with Crippen LogP contribution in [0.4, 0.5) is 14.5 Å². The van der Waals surface area contributed by atoms with Gasteiger partial charge >= 0.3 is 0 Å². The van der Waals surface area contributed by atoms with E-state index in [0.29, 0.717) is 13.2 Å². The summed E-state index contributed by atoms with van der Waals surface area (Å²) in [6, 6.07) is 3.44. The number of para-hydroxylation sites is 1. The predicted molar refractivity (Wildman–Crippen MR) is 78.1 cm³/mol. The Morgan fingerprint density at radius 3 is 2.48 bits per heavy atom. The number of amides is 1. The molecule has 1 amide bonds. The van der Waals surface area contributed by atoms with Gasteiger partial charge in [-0.15, -0.1) is 0 Å². The number of methoxy groups -OCH3 is 1. The molecule has 0 radical (unpaired) electrons. The van der Waals surface area contributed by atoms with Crippen LogP contribution in [0.2, 0.25) is 0 Å². The first kappa shape index (κ1) is 17.5. The van der Waals surface area contributed by atoms with Gasteiger partial charge in [0.1, 0.15) is 17.3 Å². The largest absolute Gasteiger partial charge is 0.385 e. The van der Waals surface area contributed by atoms with Gasteiger partial charge in [0.15, 0.2) is 0 Å².